The van der Waals surface area contributed by atoms with Gasteiger partial charge in [0.05, 0.1) is 5.41 Å². The molecule has 1 aromatic carbocycles. The molecule has 4 bridgehead atoms. The summed E-state index contributed by atoms with van der Waals surface area (Å²) in [5.74, 6) is -4.38. The van der Waals surface area contributed by atoms with E-state index in [0.29, 0.717) is 42.4 Å². The van der Waals surface area contributed by atoms with Crippen molar-refractivity contribution in [1.29, 1.82) is 0 Å². The van der Waals surface area contributed by atoms with Crippen molar-refractivity contribution in [1.82, 2.24) is 0 Å². The van der Waals surface area contributed by atoms with E-state index >= 15 is 0 Å². The van der Waals surface area contributed by atoms with Crippen molar-refractivity contribution in [3.63, 3.8) is 0 Å². The number of carbonyl (C=O) groups excluding carboxylic acids is 6. The van der Waals surface area contributed by atoms with E-state index in [1.807, 2.05) is 0 Å². The maximum atomic E-state index is 13.7. The van der Waals surface area contributed by atoms with Crippen LogP contribution in [0.2, 0.25) is 0 Å². The molecule has 4 fully saturated rings. The Morgan fingerprint density at radius 3 is 1.96 bits per heavy atom. The summed E-state index contributed by atoms with van der Waals surface area (Å²) in [4.78, 5) is 77.7. The summed E-state index contributed by atoms with van der Waals surface area (Å²) in [6, 6.07) is 4.30. The van der Waals surface area contributed by atoms with E-state index in [-0.39, 0.29) is 52.2 Å². The van der Waals surface area contributed by atoms with Crippen LogP contribution in [0, 0.1) is 17.3 Å². The van der Waals surface area contributed by atoms with Crippen molar-refractivity contribution in [3.8, 4) is 5.75 Å². The minimum Gasteiger partial charge on any atom is -0.456 e. The first kappa shape index (κ1) is 34.8. The van der Waals surface area contributed by atoms with Gasteiger partial charge in [0.25, 0.3) is 0 Å². The molecule has 0 radical (unpaired) electrons. The van der Waals surface area contributed by atoms with Crippen LogP contribution in [0.15, 0.2) is 58.6 Å². The molecule has 0 N–H and O–H groups in total. The summed E-state index contributed by atoms with van der Waals surface area (Å²) in [6.07, 6.45) is 4.13. The Labute approximate surface area is 289 Å². The number of rotatable bonds is 9. The van der Waals surface area contributed by atoms with Gasteiger partial charge < -0.3 is 28.4 Å². The summed E-state index contributed by atoms with van der Waals surface area (Å²) in [5.41, 5.74) is -0.227. The molecule has 0 aromatic heterocycles. The molecule has 50 heavy (non-hydrogen) atoms. The topological polar surface area (TPSA) is 158 Å². The van der Waals surface area contributed by atoms with Crippen LogP contribution in [0.1, 0.15) is 96.0 Å². The molecular weight excluding hydrogens is 648 g/mol. The van der Waals surface area contributed by atoms with Gasteiger partial charge in [-0.25, -0.2) is 24.0 Å². The molecule has 6 aliphatic rings. The number of cyclic esters (lactones) is 2. The molecule has 4 saturated carbocycles. The van der Waals surface area contributed by atoms with Crippen LogP contribution in [0.25, 0.3) is 6.08 Å². The number of ether oxygens (including phenoxy) is 6. The lowest BCUT2D eigenvalue weighted by Crippen LogP contribution is -2.60. The molecule has 264 valence electrons. The summed E-state index contributed by atoms with van der Waals surface area (Å²) in [6.45, 7) is 13.3. The Morgan fingerprint density at radius 2 is 1.42 bits per heavy atom. The first-order valence-corrected chi connectivity index (χ1v) is 16.7. The lowest BCUT2D eigenvalue weighted by Gasteiger charge is -2.59. The fraction of sp³-hybridized carbons (Fsp3) is 0.474. The Bertz CT molecular complexity index is 1830. The Morgan fingerprint density at radius 1 is 0.840 bits per heavy atom. The molecule has 4 aliphatic carbocycles. The largest absolute Gasteiger partial charge is 0.456 e. The molecule has 2 aliphatic heterocycles. The second-order valence-corrected chi connectivity index (χ2v) is 14.5. The Hall–Kier alpha value is -5.00. The van der Waals surface area contributed by atoms with Crippen LogP contribution < -0.4 is 4.74 Å². The molecule has 4 unspecified atom stereocenters. The molecule has 12 nitrogen and oxygen atoms in total. The predicted octanol–water partition coefficient (Wildman–Crippen LogP) is 5.59. The van der Waals surface area contributed by atoms with Crippen molar-refractivity contribution in [2.24, 2.45) is 17.3 Å². The van der Waals surface area contributed by atoms with Gasteiger partial charge in [-0.1, -0.05) is 12.6 Å². The second kappa shape index (κ2) is 12.7. The molecule has 1 aromatic rings. The van der Waals surface area contributed by atoms with Crippen molar-refractivity contribution < 1.29 is 57.2 Å². The number of carbonyl (C=O) groups is 6. The van der Waals surface area contributed by atoms with E-state index in [9.17, 15) is 28.8 Å². The zero-order valence-corrected chi connectivity index (χ0v) is 29.0. The molecule has 0 saturated heterocycles. The monoisotopic (exact) mass is 688 g/mol. The zero-order chi connectivity index (χ0) is 36.3. The lowest BCUT2D eigenvalue weighted by atomic mass is 9.48. The van der Waals surface area contributed by atoms with Crippen molar-refractivity contribution >= 4 is 41.9 Å². The average Bonchev–Trinajstić information content (AvgIpc) is 3.42. The quantitative estimate of drug-likeness (QED) is 0.137. The minimum absolute atomic E-state index is 0.0590. The first-order chi connectivity index (χ1) is 23.5. The van der Waals surface area contributed by atoms with Crippen LogP contribution in [0.3, 0.4) is 0 Å². The van der Waals surface area contributed by atoms with E-state index in [1.165, 1.54) is 25.1 Å². The number of hydrogen-bond donors (Lipinski definition) is 0. The van der Waals surface area contributed by atoms with Gasteiger partial charge in [-0.3, -0.25) is 4.79 Å². The van der Waals surface area contributed by atoms with Gasteiger partial charge in [0, 0.05) is 28.7 Å². The summed E-state index contributed by atoms with van der Waals surface area (Å²) in [5, 5.41) is 0. The maximum Gasteiger partial charge on any atom is 0.375 e. The molecule has 0 spiro atoms. The SMILES string of the molecule is C=C(C)C(=O)Oc1ccc(/C=C(\C)C(=O)OC23CC4CC(C2)CC(C(=O)OC2=C(C)C(C)OC2=O)(C4)C3)cc1C(=O)OC1=C(C)C(C)OC1=O. The van der Waals surface area contributed by atoms with Gasteiger partial charge in [0.15, 0.2) is 0 Å². The standard InChI is InChI=1S/C38H40O12/c1-18(2)31(39)47-28-9-8-24(12-27(28)33(41)48-29-20(4)22(6)45-34(29)42)10-19(3)32(40)50-38-15-25-11-26(16-38)14-37(13-25,17-38)36(44)49-30-21(5)23(7)46-35(30)43/h8-10,12,22-23,25-26H,1,11,13-17H2,2-7H3/b19-10+. The Kier molecular flexibility index (Phi) is 8.86. The van der Waals surface area contributed by atoms with Crippen LogP contribution in [-0.4, -0.2) is 53.6 Å². The summed E-state index contributed by atoms with van der Waals surface area (Å²) in [7, 11) is 0. The van der Waals surface area contributed by atoms with E-state index < -0.39 is 59.0 Å². The number of hydrogen-bond acceptors (Lipinski definition) is 12. The van der Waals surface area contributed by atoms with Gasteiger partial charge in [0.2, 0.25) is 11.5 Å². The minimum atomic E-state index is -0.970. The van der Waals surface area contributed by atoms with E-state index in [1.54, 1.807) is 40.7 Å². The highest BCUT2D eigenvalue weighted by Gasteiger charge is 2.63. The van der Waals surface area contributed by atoms with Crippen molar-refractivity contribution in [2.75, 3.05) is 0 Å². The number of benzene rings is 1. The summed E-state index contributed by atoms with van der Waals surface area (Å²) >= 11 is 0. The highest BCUT2D eigenvalue weighted by Crippen LogP contribution is 2.63. The van der Waals surface area contributed by atoms with Gasteiger partial charge in [-0.2, -0.15) is 0 Å². The van der Waals surface area contributed by atoms with Gasteiger partial charge >= 0.3 is 35.8 Å². The Balaban J connectivity index is 1.22. The summed E-state index contributed by atoms with van der Waals surface area (Å²) < 4.78 is 33.1. The van der Waals surface area contributed by atoms with Crippen LogP contribution in [-0.2, 0) is 47.7 Å². The molecule has 4 atom stereocenters. The fourth-order valence-corrected chi connectivity index (χ4v) is 8.08. The third-order valence-electron chi connectivity index (χ3n) is 10.5. The van der Waals surface area contributed by atoms with Crippen molar-refractivity contribution in [3.05, 3.63) is 69.7 Å². The van der Waals surface area contributed by atoms with Crippen molar-refractivity contribution in [2.45, 2.75) is 97.9 Å². The lowest BCUT2D eigenvalue weighted by molar-refractivity contribution is -0.208. The number of esters is 6. The second-order valence-electron chi connectivity index (χ2n) is 14.5. The van der Waals surface area contributed by atoms with Gasteiger partial charge in [-0.05, 0) is 109 Å². The normalized spacial score (nSPS) is 29.8. The maximum absolute atomic E-state index is 13.7. The predicted molar refractivity (Wildman–Crippen MR) is 174 cm³/mol. The zero-order valence-electron chi connectivity index (χ0n) is 29.0. The molecule has 7 rings (SSSR count). The fourth-order valence-electron chi connectivity index (χ4n) is 8.08. The van der Waals surface area contributed by atoms with Crippen LogP contribution in [0.4, 0.5) is 0 Å². The molecular formula is C38H40O12. The first-order valence-electron chi connectivity index (χ1n) is 16.7. The van der Waals surface area contributed by atoms with Gasteiger partial charge in [0.1, 0.15) is 29.1 Å². The third kappa shape index (κ3) is 6.38. The molecule has 12 heteroatoms. The van der Waals surface area contributed by atoms with Crippen LogP contribution in [0.5, 0.6) is 5.75 Å². The van der Waals surface area contributed by atoms with Gasteiger partial charge in [-0.15, -0.1) is 0 Å². The highest BCUT2D eigenvalue weighted by molar-refractivity contribution is 6.01. The van der Waals surface area contributed by atoms with E-state index in [2.05, 4.69) is 6.58 Å². The van der Waals surface area contributed by atoms with E-state index in [4.69, 9.17) is 28.4 Å². The van der Waals surface area contributed by atoms with E-state index in [0.717, 1.165) is 6.42 Å². The third-order valence-corrected chi connectivity index (χ3v) is 10.5. The average molecular weight is 689 g/mol. The highest BCUT2D eigenvalue weighted by atomic mass is 16.6. The smallest absolute Gasteiger partial charge is 0.375 e. The molecule has 0 amide bonds. The van der Waals surface area contributed by atoms with Crippen LogP contribution >= 0.6 is 0 Å². The molecule has 2 heterocycles.